The van der Waals surface area contributed by atoms with Crippen molar-refractivity contribution in [1.29, 1.82) is 0 Å². The number of carboxylic acids is 1. The molecule has 1 aliphatic heterocycles. The van der Waals surface area contributed by atoms with Gasteiger partial charge in [-0.1, -0.05) is 12.0 Å². The van der Waals surface area contributed by atoms with E-state index in [-0.39, 0.29) is 36.6 Å². The fourth-order valence-electron chi connectivity index (χ4n) is 2.47. The number of aliphatic carboxylic acids is 1. The maximum absolute atomic E-state index is 12.7. The van der Waals surface area contributed by atoms with E-state index in [1.165, 1.54) is 29.2 Å². The van der Waals surface area contributed by atoms with Gasteiger partial charge in [0.15, 0.2) is 0 Å². The Bertz CT molecular complexity index is 799. The van der Waals surface area contributed by atoms with Gasteiger partial charge in [-0.15, -0.1) is 6.42 Å². The Morgan fingerprint density at radius 3 is 2.88 bits per heavy atom. The lowest BCUT2D eigenvalue weighted by Gasteiger charge is -2.35. The number of carbonyl (C=O) groups excluding carboxylic acids is 1. The molecule has 9 heteroatoms. The molecule has 2 rings (SSSR count). The molecule has 0 aliphatic carbocycles. The molecule has 1 fully saturated rings. The first-order valence-corrected chi connectivity index (χ1v) is 8.97. The van der Waals surface area contributed by atoms with Gasteiger partial charge in [-0.25, -0.2) is 8.42 Å². The van der Waals surface area contributed by atoms with E-state index < -0.39 is 27.9 Å². The van der Waals surface area contributed by atoms with Crippen LogP contribution in [0.5, 0.6) is 0 Å². The van der Waals surface area contributed by atoms with Crippen LogP contribution in [-0.2, 0) is 19.6 Å². The van der Waals surface area contributed by atoms with Crippen LogP contribution in [0.25, 0.3) is 0 Å². The van der Waals surface area contributed by atoms with E-state index in [4.69, 9.17) is 16.3 Å². The van der Waals surface area contributed by atoms with E-state index in [1.807, 2.05) is 0 Å². The molecule has 134 valence electrons. The summed E-state index contributed by atoms with van der Waals surface area (Å²) in [5.41, 5.74) is 0.154. The predicted molar refractivity (Wildman–Crippen MR) is 88.4 cm³/mol. The van der Waals surface area contributed by atoms with Crippen LogP contribution in [0.2, 0.25) is 0 Å². The molecule has 0 spiro atoms. The zero-order chi connectivity index (χ0) is 18.4. The van der Waals surface area contributed by atoms with E-state index in [1.54, 1.807) is 0 Å². The number of nitrogens with one attached hydrogen (secondary N) is 1. The number of hydrogen-bond donors (Lipinski definition) is 2. The first kappa shape index (κ1) is 18.9. The average molecular weight is 366 g/mol. The van der Waals surface area contributed by atoms with Crippen LogP contribution < -0.4 is 4.72 Å². The molecular formula is C16H18N2O6S. The maximum Gasteiger partial charge on any atom is 0.305 e. The fourth-order valence-corrected chi connectivity index (χ4v) is 3.45. The maximum atomic E-state index is 12.7. The van der Waals surface area contributed by atoms with E-state index in [9.17, 15) is 18.0 Å². The van der Waals surface area contributed by atoms with Crippen molar-refractivity contribution in [3.8, 4) is 12.3 Å². The molecule has 1 aromatic carbocycles. The van der Waals surface area contributed by atoms with E-state index in [0.29, 0.717) is 6.61 Å². The van der Waals surface area contributed by atoms with Gasteiger partial charge in [0.05, 0.1) is 37.1 Å². The third kappa shape index (κ3) is 4.79. The van der Waals surface area contributed by atoms with Gasteiger partial charge in [0, 0.05) is 12.1 Å². The number of hydrogen-bond acceptors (Lipinski definition) is 5. The van der Waals surface area contributed by atoms with Crippen molar-refractivity contribution in [3.05, 3.63) is 29.8 Å². The molecule has 1 heterocycles. The predicted octanol–water partition coefficient (Wildman–Crippen LogP) is -0.0862. The molecule has 1 atom stereocenters. The minimum atomic E-state index is -3.82. The summed E-state index contributed by atoms with van der Waals surface area (Å²) in [7, 11) is -3.82. The van der Waals surface area contributed by atoms with Gasteiger partial charge in [-0.05, 0) is 18.2 Å². The van der Waals surface area contributed by atoms with E-state index in [0.717, 1.165) is 0 Å². The summed E-state index contributed by atoms with van der Waals surface area (Å²) < 4.78 is 31.7. The lowest BCUT2D eigenvalue weighted by Crippen LogP contribution is -2.49. The van der Waals surface area contributed by atoms with Crippen LogP contribution in [0.3, 0.4) is 0 Å². The zero-order valence-corrected chi connectivity index (χ0v) is 14.2. The highest BCUT2D eigenvalue weighted by molar-refractivity contribution is 7.89. The number of sulfonamides is 1. The highest BCUT2D eigenvalue weighted by Gasteiger charge is 2.30. The zero-order valence-electron chi connectivity index (χ0n) is 13.3. The third-order valence-electron chi connectivity index (χ3n) is 3.65. The Kier molecular flexibility index (Phi) is 6.14. The van der Waals surface area contributed by atoms with Crippen molar-refractivity contribution in [2.75, 3.05) is 26.3 Å². The molecule has 0 saturated carbocycles. The minimum absolute atomic E-state index is 0.0864. The van der Waals surface area contributed by atoms with Crippen LogP contribution in [-0.4, -0.2) is 62.6 Å². The summed E-state index contributed by atoms with van der Waals surface area (Å²) in [5, 5.41) is 8.97. The van der Waals surface area contributed by atoms with E-state index in [2.05, 4.69) is 10.6 Å². The van der Waals surface area contributed by atoms with Crippen LogP contribution in [0, 0.1) is 12.3 Å². The number of rotatable bonds is 6. The highest BCUT2D eigenvalue weighted by Crippen LogP contribution is 2.18. The minimum Gasteiger partial charge on any atom is -0.481 e. The second-order valence-corrected chi connectivity index (χ2v) is 7.15. The van der Waals surface area contributed by atoms with Crippen LogP contribution in [0.15, 0.2) is 29.2 Å². The van der Waals surface area contributed by atoms with Gasteiger partial charge in [0.25, 0.3) is 5.91 Å². The quantitative estimate of drug-likeness (QED) is 0.681. The third-order valence-corrected chi connectivity index (χ3v) is 5.05. The molecular weight excluding hydrogens is 348 g/mol. The summed E-state index contributed by atoms with van der Waals surface area (Å²) in [5.74, 6) is 0.692. The molecule has 1 aromatic rings. The van der Waals surface area contributed by atoms with Crippen molar-refractivity contribution < 1.29 is 27.9 Å². The molecule has 0 bridgehead atoms. The largest absolute Gasteiger partial charge is 0.481 e. The summed E-state index contributed by atoms with van der Waals surface area (Å²) in [6, 6.07) is 4.93. The molecule has 8 nitrogen and oxygen atoms in total. The SMILES string of the molecule is C#CCNS(=O)(=O)c1cccc(C(=O)N2CCOCC2CC(=O)O)c1. The topological polar surface area (TPSA) is 113 Å². The number of terminal acetylenes is 1. The molecule has 1 saturated heterocycles. The van der Waals surface area contributed by atoms with Crippen molar-refractivity contribution in [3.63, 3.8) is 0 Å². The summed E-state index contributed by atoms with van der Waals surface area (Å²) >= 11 is 0. The molecule has 1 aliphatic rings. The van der Waals surface area contributed by atoms with Crippen molar-refractivity contribution in [1.82, 2.24) is 9.62 Å². The lowest BCUT2D eigenvalue weighted by molar-refractivity contribution is -0.139. The van der Waals surface area contributed by atoms with Crippen LogP contribution in [0.4, 0.5) is 0 Å². The summed E-state index contributed by atoms with van der Waals surface area (Å²) in [6.45, 7) is 0.497. The second-order valence-electron chi connectivity index (χ2n) is 5.38. The fraction of sp³-hybridized carbons (Fsp3) is 0.375. The Balaban J connectivity index is 2.25. The summed E-state index contributed by atoms with van der Waals surface area (Å²) in [4.78, 5) is 25.0. The van der Waals surface area contributed by atoms with Gasteiger partial charge >= 0.3 is 5.97 Å². The number of nitrogens with zero attached hydrogens (tertiary/aromatic N) is 1. The Morgan fingerprint density at radius 2 is 2.20 bits per heavy atom. The Labute approximate surface area is 145 Å². The molecule has 1 unspecified atom stereocenters. The van der Waals surface area contributed by atoms with Crippen molar-refractivity contribution >= 4 is 21.9 Å². The van der Waals surface area contributed by atoms with Gasteiger partial charge in [-0.3, -0.25) is 9.59 Å². The number of carboxylic acid groups (broad SMARTS) is 1. The highest BCUT2D eigenvalue weighted by atomic mass is 32.2. The average Bonchev–Trinajstić information content (AvgIpc) is 2.59. The molecule has 1 amide bonds. The first-order chi connectivity index (χ1) is 11.8. The summed E-state index contributed by atoms with van der Waals surface area (Å²) in [6.07, 6.45) is 4.80. The van der Waals surface area contributed by atoms with Gasteiger partial charge in [0.2, 0.25) is 10.0 Å². The number of ether oxygens (including phenoxy) is 1. The van der Waals surface area contributed by atoms with Crippen molar-refractivity contribution in [2.24, 2.45) is 0 Å². The van der Waals surface area contributed by atoms with Gasteiger partial charge < -0.3 is 14.7 Å². The number of carbonyl (C=O) groups is 2. The molecule has 25 heavy (non-hydrogen) atoms. The molecule has 0 radical (unpaired) electrons. The standard InChI is InChI=1S/C16H18N2O6S/c1-2-6-17-25(22,23)14-5-3-4-12(9-14)16(21)18-7-8-24-11-13(18)10-15(19)20/h1,3-5,9,13,17H,6-8,10-11H2,(H,19,20). The number of benzene rings is 1. The molecule has 0 aromatic heterocycles. The normalized spacial score (nSPS) is 17.7. The van der Waals surface area contributed by atoms with Crippen molar-refractivity contribution in [2.45, 2.75) is 17.4 Å². The lowest BCUT2D eigenvalue weighted by atomic mass is 10.1. The van der Waals surface area contributed by atoms with Gasteiger partial charge in [-0.2, -0.15) is 4.72 Å². The Hall–Kier alpha value is -2.41. The van der Waals surface area contributed by atoms with E-state index >= 15 is 0 Å². The number of morpholine rings is 1. The van der Waals surface area contributed by atoms with Crippen LogP contribution >= 0.6 is 0 Å². The monoisotopic (exact) mass is 366 g/mol. The smallest absolute Gasteiger partial charge is 0.305 e. The molecule has 2 N–H and O–H groups in total. The van der Waals surface area contributed by atoms with Crippen LogP contribution in [0.1, 0.15) is 16.8 Å². The number of amides is 1. The Morgan fingerprint density at radius 1 is 1.44 bits per heavy atom. The van der Waals surface area contributed by atoms with Gasteiger partial charge in [0.1, 0.15) is 0 Å². The second kappa shape index (κ2) is 8.11. The first-order valence-electron chi connectivity index (χ1n) is 7.49.